The van der Waals surface area contributed by atoms with Gasteiger partial charge in [-0.2, -0.15) is 5.10 Å². The van der Waals surface area contributed by atoms with Gasteiger partial charge >= 0.3 is 0 Å². The van der Waals surface area contributed by atoms with E-state index in [9.17, 15) is 4.79 Å². The van der Waals surface area contributed by atoms with Crippen LogP contribution in [0.3, 0.4) is 0 Å². The summed E-state index contributed by atoms with van der Waals surface area (Å²) in [6, 6.07) is 10.1. The Morgan fingerprint density at radius 3 is 2.80 bits per heavy atom. The average Bonchev–Trinajstić information content (AvgIpc) is 3.26. The van der Waals surface area contributed by atoms with Crippen molar-refractivity contribution in [2.24, 2.45) is 4.99 Å². The first-order valence-corrected chi connectivity index (χ1v) is 9.94. The molecule has 2 N–H and O–H groups in total. The van der Waals surface area contributed by atoms with Crippen molar-refractivity contribution < 1.29 is 9.53 Å². The zero-order valence-electron chi connectivity index (χ0n) is 18.2. The zero-order chi connectivity index (χ0) is 21.1. The summed E-state index contributed by atoms with van der Waals surface area (Å²) in [4.78, 5) is 17.9. The molecule has 30 heavy (non-hydrogen) atoms. The summed E-state index contributed by atoms with van der Waals surface area (Å²) in [5.41, 5.74) is 2.09. The fourth-order valence-corrected chi connectivity index (χ4v) is 2.61. The van der Waals surface area contributed by atoms with Crippen LogP contribution in [0.25, 0.3) is 5.69 Å². The Bertz CT molecular complexity index is 780. The van der Waals surface area contributed by atoms with Crippen molar-refractivity contribution in [2.75, 3.05) is 40.4 Å². The first kappa shape index (κ1) is 25.9. The highest BCUT2D eigenvalue weighted by molar-refractivity contribution is 14.0. The van der Waals surface area contributed by atoms with Crippen LogP contribution in [0, 0.1) is 0 Å². The molecule has 1 unspecified atom stereocenters. The quantitative estimate of drug-likeness (QED) is 0.215. The van der Waals surface area contributed by atoms with Crippen LogP contribution in [-0.4, -0.2) is 66.9 Å². The molecular weight excluding hydrogens is 495 g/mol. The number of benzene rings is 1. The van der Waals surface area contributed by atoms with Crippen molar-refractivity contribution in [3.05, 3.63) is 48.3 Å². The van der Waals surface area contributed by atoms with Crippen LogP contribution in [0.2, 0.25) is 0 Å². The number of guanidine groups is 1. The first-order chi connectivity index (χ1) is 14.0. The van der Waals surface area contributed by atoms with Crippen LogP contribution in [-0.2, 0) is 9.53 Å². The number of hydrogen-bond acceptors (Lipinski definition) is 4. The number of carbonyl (C=O) groups excluding carboxylic acids is 1. The third-order valence-corrected chi connectivity index (χ3v) is 4.33. The standard InChI is InChI=1S/C21H32N6O2.HI/c1-5-29-14-8-11-22-21(23-16-20(28)26(3)4)25-17(2)18-9-6-10-19(15-18)27-13-7-12-24-27;/h6-7,9-10,12-13,15,17H,5,8,11,14,16H2,1-4H3,(H2,22,23,25);1H. The second kappa shape index (κ2) is 14.0. The van der Waals surface area contributed by atoms with E-state index in [1.54, 1.807) is 20.3 Å². The molecular formula is C21H33IN6O2. The lowest BCUT2D eigenvalue weighted by molar-refractivity contribution is -0.127. The van der Waals surface area contributed by atoms with Gasteiger partial charge in [0.15, 0.2) is 5.96 Å². The van der Waals surface area contributed by atoms with E-state index >= 15 is 0 Å². The van der Waals surface area contributed by atoms with Gasteiger partial charge in [0.25, 0.3) is 0 Å². The van der Waals surface area contributed by atoms with Gasteiger partial charge in [-0.25, -0.2) is 9.67 Å². The number of carbonyl (C=O) groups is 1. The molecule has 2 rings (SSSR count). The van der Waals surface area contributed by atoms with Gasteiger partial charge in [-0.15, -0.1) is 24.0 Å². The number of ether oxygens (including phenoxy) is 1. The third kappa shape index (κ3) is 8.70. The minimum Gasteiger partial charge on any atom is -0.382 e. The predicted molar refractivity (Wildman–Crippen MR) is 131 cm³/mol. The van der Waals surface area contributed by atoms with Gasteiger partial charge in [0.05, 0.1) is 11.7 Å². The molecule has 8 nitrogen and oxygen atoms in total. The maximum atomic E-state index is 11.9. The van der Waals surface area contributed by atoms with Crippen molar-refractivity contribution in [3.8, 4) is 5.69 Å². The molecule has 9 heteroatoms. The van der Waals surface area contributed by atoms with Gasteiger partial charge in [0, 0.05) is 46.2 Å². The Balaban J connectivity index is 0.00000450. The zero-order valence-corrected chi connectivity index (χ0v) is 20.5. The number of hydrogen-bond donors (Lipinski definition) is 2. The lowest BCUT2D eigenvalue weighted by Crippen LogP contribution is -2.40. The fraction of sp³-hybridized carbons (Fsp3) is 0.476. The molecule has 2 aromatic rings. The van der Waals surface area contributed by atoms with Crippen molar-refractivity contribution in [3.63, 3.8) is 0 Å². The van der Waals surface area contributed by atoms with Crippen LogP contribution < -0.4 is 10.6 Å². The van der Waals surface area contributed by atoms with Gasteiger partial charge in [-0.05, 0) is 44.0 Å². The second-order valence-electron chi connectivity index (χ2n) is 6.84. The van der Waals surface area contributed by atoms with E-state index in [0.29, 0.717) is 25.7 Å². The summed E-state index contributed by atoms with van der Waals surface area (Å²) >= 11 is 0. The smallest absolute Gasteiger partial charge is 0.243 e. The third-order valence-electron chi connectivity index (χ3n) is 4.33. The molecule has 1 heterocycles. The van der Waals surface area contributed by atoms with Crippen molar-refractivity contribution in [1.29, 1.82) is 0 Å². The summed E-state index contributed by atoms with van der Waals surface area (Å²) in [5.74, 6) is 0.558. The van der Waals surface area contributed by atoms with E-state index in [1.807, 2.05) is 36.0 Å². The largest absolute Gasteiger partial charge is 0.382 e. The number of halogens is 1. The molecule has 0 spiro atoms. The molecule has 0 aliphatic heterocycles. The molecule has 1 aromatic carbocycles. The highest BCUT2D eigenvalue weighted by atomic mass is 127. The van der Waals surface area contributed by atoms with Gasteiger partial charge in [0.1, 0.15) is 6.54 Å². The number of aliphatic imine (C=N–C) groups is 1. The minimum atomic E-state index is -0.0475. The minimum absolute atomic E-state index is 0. The number of aromatic nitrogens is 2. The summed E-state index contributed by atoms with van der Waals surface area (Å²) in [5, 5.41) is 11.0. The van der Waals surface area contributed by atoms with Crippen molar-refractivity contribution in [1.82, 2.24) is 25.3 Å². The Hall–Kier alpha value is -2.14. The average molecular weight is 528 g/mol. The lowest BCUT2D eigenvalue weighted by Gasteiger charge is -2.20. The monoisotopic (exact) mass is 528 g/mol. The topological polar surface area (TPSA) is 83.8 Å². The SMILES string of the molecule is CCOCCCNC(=NCC(=O)N(C)C)NC(C)c1cccc(-n2cccn2)c1.I. The Kier molecular flexibility index (Phi) is 12.1. The van der Waals surface area contributed by atoms with E-state index in [-0.39, 0.29) is 42.5 Å². The molecule has 1 amide bonds. The molecule has 0 bridgehead atoms. The number of rotatable bonds is 10. The maximum absolute atomic E-state index is 11.9. The fourth-order valence-electron chi connectivity index (χ4n) is 2.61. The molecule has 0 radical (unpaired) electrons. The van der Waals surface area contributed by atoms with Crippen LogP contribution >= 0.6 is 24.0 Å². The first-order valence-electron chi connectivity index (χ1n) is 9.94. The van der Waals surface area contributed by atoms with E-state index in [0.717, 1.165) is 17.7 Å². The van der Waals surface area contributed by atoms with E-state index in [4.69, 9.17) is 4.74 Å². The van der Waals surface area contributed by atoms with E-state index in [2.05, 4.69) is 39.8 Å². The Morgan fingerprint density at radius 2 is 2.13 bits per heavy atom. The number of amides is 1. The van der Waals surface area contributed by atoms with Gasteiger partial charge < -0.3 is 20.3 Å². The molecule has 0 aliphatic rings. The van der Waals surface area contributed by atoms with Crippen molar-refractivity contribution in [2.45, 2.75) is 26.3 Å². The number of nitrogens with one attached hydrogen (secondary N) is 2. The lowest BCUT2D eigenvalue weighted by atomic mass is 10.1. The second-order valence-corrected chi connectivity index (χ2v) is 6.84. The van der Waals surface area contributed by atoms with Crippen LogP contribution in [0.15, 0.2) is 47.7 Å². The molecule has 0 fully saturated rings. The summed E-state index contributed by atoms with van der Waals surface area (Å²) in [6.45, 7) is 6.24. The summed E-state index contributed by atoms with van der Waals surface area (Å²) in [7, 11) is 3.45. The summed E-state index contributed by atoms with van der Waals surface area (Å²) < 4.78 is 7.20. The van der Waals surface area contributed by atoms with Gasteiger partial charge in [-0.1, -0.05) is 12.1 Å². The normalized spacial score (nSPS) is 12.1. The Morgan fingerprint density at radius 1 is 1.33 bits per heavy atom. The van der Waals surface area contributed by atoms with E-state index < -0.39 is 0 Å². The molecule has 0 aliphatic carbocycles. The maximum Gasteiger partial charge on any atom is 0.243 e. The van der Waals surface area contributed by atoms with E-state index in [1.165, 1.54) is 4.90 Å². The highest BCUT2D eigenvalue weighted by Crippen LogP contribution is 2.16. The highest BCUT2D eigenvalue weighted by Gasteiger charge is 2.11. The molecule has 1 atom stereocenters. The Labute approximate surface area is 196 Å². The van der Waals surface area contributed by atoms with Crippen LogP contribution in [0.5, 0.6) is 0 Å². The molecule has 166 valence electrons. The van der Waals surface area contributed by atoms with Crippen molar-refractivity contribution >= 4 is 35.8 Å². The van der Waals surface area contributed by atoms with Gasteiger partial charge in [0.2, 0.25) is 5.91 Å². The summed E-state index contributed by atoms with van der Waals surface area (Å²) in [6.07, 6.45) is 4.53. The van der Waals surface area contributed by atoms with Gasteiger partial charge in [-0.3, -0.25) is 4.79 Å². The number of nitrogens with zero attached hydrogens (tertiary/aromatic N) is 4. The molecule has 1 aromatic heterocycles. The van der Waals surface area contributed by atoms with Crippen LogP contribution in [0.4, 0.5) is 0 Å². The van der Waals surface area contributed by atoms with Crippen LogP contribution in [0.1, 0.15) is 31.9 Å². The molecule has 0 saturated heterocycles. The predicted octanol–water partition coefficient (Wildman–Crippen LogP) is 2.60. The number of likely N-dealkylation sites (N-methyl/N-ethyl adjacent to an activating group) is 1. The molecule has 0 saturated carbocycles.